The number of hydrogen-bond acceptors (Lipinski definition) is 3. The van der Waals surface area contributed by atoms with Gasteiger partial charge in [0.15, 0.2) is 0 Å². The first kappa shape index (κ1) is 26.9. The van der Waals surface area contributed by atoms with Crippen LogP contribution in [0.5, 0.6) is 0 Å². The van der Waals surface area contributed by atoms with Crippen LogP contribution in [0.25, 0.3) is 22.3 Å². The van der Waals surface area contributed by atoms with Gasteiger partial charge in [0.25, 0.3) is 11.8 Å². The van der Waals surface area contributed by atoms with E-state index >= 15 is 0 Å². The molecule has 0 saturated heterocycles. The Kier molecular flexibility index (Phi) is 7.20. The minimum Gasteiger partial charge on any atom is -0.361 e. The van der Waals surface area contributed by atoms with Gasteiger partial charge in [-0.2, -0.15) is 0 Å². The number of rotatable bonds is 8. The Morgan fingerprint density at radius 3 is 1.95 bits per heavy atom. The van der Waals surface area contributed by atoms with Crippen molar-refractivity contribution in [3.8, 4) is 11.1 Å². The Morgan fingerprint density at radius 1 is 0.634 bits per heavy atom. The minimum atomic E-state index is -1.26. The number of nitrogens with zero attached hydrogens (tertiary/aromatic N) is 2. The molecule has 0 spiro atoms. The zero-order valence-corrected chi connectivity index (χ0v) is 24.8. The molecule has 2 aliphatic heterocycles. The summed E-state index contributed by atoms with van der Waals surface area (Å²) in [6.45, 7) is 8.12. The molecular weight excluding hydrogens is 524 g/mol. The summed E-state index contributed by atoms with van der Waals surface area (Å²) in [7, 11) is -1.26. The average Bonchev–Trinajstić information content (AvgIpc) is 3.40. The third kappa shape index (κ3) is 5.28. The van der Waals surface area contributed by atoms with E-state index in [0.717, 1.165) is 45.2 Å². The zero-order valence-electron chi connectivity index (χ0n) is 23.8. The van der Waals surface area contributed by atoms with Crippen LogP contribution in [0, 0.1) is 0 Å². The second-order valence-corrected chi connectivity index (χ2v) is 17.4. The quantitative estimate of drug-likeness (QED) is 0.128. The predicted octanol–water partition coefficient (Wildman–Crippen LogP) is 7.47. The molecule has 41 heavy (non-hydrogen) atoms. The summed E-state index contributed by atoms with van der Waals surface area (Å²) in [5.41, 5.74) is 7.19. The number of carbonyl (C=O) groups excluding carboxylic acids is 2. The average molecular weight is 559 g/mol. The van der Waals surface area contributed by atoms with Crippen molar-refractivity contribution in [3.05, 3.63) is 120 Å². The lowest BCUT2D eigenvalue weighted by Gasteiger charge is -2.20. The van der Waals surface area contributed by atoms with Gasteiger partial charge in [0, 0.05) is 25.8 Å². The van der Waals surface area contributed by atoms with Crippen LogP contribution in [0.2, 0.25) is 25.7 Å². The van der Waals surface area contributed by atoms with E-state index in [4.69, 9.17) is 4.74 Å². The van der Waals surface area contributed by atoms with E-state index in [9.17, 15) is 9.59 Å². The van der Waals surface area contributed by atoms with Gasteiger partial charge in [0.2, 0.25) is 0 Å². The number of hydrogen-bond donors (Lipinski definition) is 0. The van der Waals surface area contributed by atoms with Crippen molar-refractivity contribution >= 4 is 42.4 Å². The van der Waals surface area contributed by atoms with Gasteiger partial charge in [-0.15, -0.1) is 0 Å². The molecule has 0 N–H and O–H groups in total. The van der Waals surface area contributed by atoms with Gasteiger partial charge < -0.3 is 9.64 Å². The van der Waals surface area contributed by atoms with Crippen LogP contribution in [0.15, 0.2) is 103 Å². The Bertz CT molecular complexity index is 1640. The zero-order chi connectivity index (χ0) is 28.6. The molecule has 0 aromatic heterocycles. The van der Waals surface area contributed by atoms with Gasteiger partial charge in [-0.05, 0) is 34.9 Å². The van der Waals surface area contributed by atoms with Crippen LogP contribution in [-0.4, -0.2) is 33.2 Å². The highest BCUT2D eigenvalue weighted by Crippen LogP contribution is 2.47. The molecule has 2 aliphatic rings. The topological polar surface area (TPSA) is 49.9 Å². The van der Waals surface area contributed by atoms with Crippen molar-refractivity contribution in [2.24, 2.45) is 0 Å². The summed E-state index contributed by atoms with van der Waals surface area (Å²) < 4.78 is 6.01. The fourth-order valence-electron chi connectivity index (χ4n) is 5.48. The molecule has 0 fully saturated rings. The van der Waals surface area contributed by atoms with Gasteiger partial charge in [-0.3, -0.25) is 14.5 Å². The summed E-state index contributed by atoms with van der Waals surface area (Å²) in [6.07, 6.45) is 0. The van der Waals surface area contributed by atoms with Crippen LogP contribution < -0.4 is 9.80 Å². The third-order valence-corrected chi connectivity index (χ3v) is 9.40. The fourth-order valence-corrected chi connectivity index (χ4v) is 6.24. The summed E-state index contributed by atoms with van der Waals surface area (Å²) >= 11 is 0. The summed E-state index contributed by atoms with van der Waals surface area (Å²) in [6, 6.07) is 35.0. The van der Waals surface area contributed by atoms with Crippen molar-refractivity contribution in [2.75, 3.05) is 23.1 Å². The minimum absolute atomic E-state index is 0.159. The van der Waals surface area contributed by atoms with E-state index in [1.54, 1.807) is 4.90 Å². The number of fused-ring (bicyclic) bond motifs is 2. The lowest BCUT2D eigenvalue weighted by molar-refractivity contribution is -0.115. The largest absolute Gasteiger partial charge is 0.361 e. The molecule has 206 valence electrons. The molecule has 6 heteroatoms. The second kappa shape index (κ2) is 11.0. The lowest BCUT2D eigenvalue weighted by Crippen LogP contribution is -2.31. The van der Waals surface area contributed by atoms with Gasteiger partial charge >= 0.3 is 0 Å². The van der Waals surface area contributed by atoms with E-state index in [0.29, 0.717) is 24.3 Å². The summed E-state index contributed by atoms with van der Waals surface area (Å²) in [5.74, 6) is -0.351. The first-order valence-corrected chi connectivity index (χ1v) is 17.8. The van der Waals surface area contributed by atoms with E-state index < -0.39 is 8.07 Å². The van der Waals surface area contributed by atoms with Gasteiger partial charge in [0.05, 0.1) is 29.1 Å². The van der Waals surface area contributed by atoms with Crippen molar-refractivity contribution in [1.82, 2.24) is 0 Å². The highest BCUT2D eigenvalue weighted by atomic mass is 28.3. The normalized spacial score (nSPS) is 16.4. The molecule has 2 heterocycles. The van der Waals surface area contributed by atoms with Crippen LogP contribution in [-0.2, 0) is 20.9 Å². The molecule has 5 nitrogen and oxygen atoms in total. The number of anilines is 2. The molecule has 0 bridgehead atoms. The lowest BCUT2D eigenvalue weighted by atomic mass is 9.95. The number of amides is 2. The molecule has 0 aliphatic carbocycles. The third-order valence-electron chi connectivity index (χ3n) is 7.70. The standard InChI is InChI=1S/C35H34N2O3Si/c1-41(2,3)21-20-40-24-37-30-17-11-10-16-28(30)32(35(37)39)33-29-19-18-27(26-14-8-5-9-15-26)22-31(29)36(34(33)38)23-25-12-6-4-7-13-25/h4-19,22H,20-21,23-24H2,1-3H3/b33-32+. The van der Waals surface area contributed by atoms with Crippen LogP contribution in [0.4, 0.5) is 11.4 Å². The van der Waals surface area contributed by atoms with E-state index in [1.807, 2.05) is 89.8 Å². The van der Waals surface area contributed by atoms with E-state index in [1.165, 1.54) is 0 Å². The molecule has 0 atom stereocenters. The number of para-hydroxylation sites is 1. The van der Waals surface area contributed by atoms with Gasteiger partial charge in [-0.1, -0.05) is 111 Å². The highest BCUT2D eigenvalue weighted by molar-refractivity contribution is 6.76. The Balaban J connectivity index is 1.44. The Labute approximate surface area is 242 Å². The monoisotopic (exact) mass is 558 g/mol. The predicted molar refractivity (Wildman–Crippen MR) is 169 cm³/mol. The smallest absolute Gasteiger partial charge is 0.261 e. The number of ether oxygens (including phenoxy) is 1. The van der Waals surface area contributed by atoms with E-state index in [-0.39, 0.29) is 18.5 Å². The van der Waals surface area contributed by atoms with Crippen LogP contribution in [0.1, 0.15) is 16.7 Å². The highest BCUT2D eigenvalue weighted by Gasteiger charge is 2.42. The first-order chi connectivity index (χ1) is 19.8. The van der Waals surface area contributed by atoms with Crippen molar-refractivity contribution in [3.63, 3.8) is 0 Å². The molecule has 4 aromatic rings. The molecule has 0 saturated carbocycles. The maximum atomic E-state index is 14.3. The molecule has 6 rings (SSSR count). The molecule has 0 unspecified atom stereocenters. The van der Waals surface area contributed by atoms with Gasteiger partial charge in [0.1, 0.15) is 6.73 Å². The molecule has 4 aromatic carbocycles. The van der Waals surface area contributed by atoms with Crippen molar-refractivity contribution < 1.29 is 14.3 Å². The van der Waals surface area contributed by atoms with E-state index in [2.05, 4.69) is 37.8 Å². The number of carbonyl (C=O) groups is 2. The second-order valence-electron chi connectivity index (χ2n) is 11.8. The van der Waals surface area contributed by atoms with Crippen LogP contribution in [0.3, 0.4) is 0 Å². The number of benzene rings is 4. The molecule has 2 amide bonds. The maximum absolute atomic E-state index is 14.3. The Hall–Kier alpha value is -4.26. The van der Waals surface area contributed by atoms with Crippen molar-refractivity contribution in [1.29, 1.82) is 0 Å². The summed E-state index contributed by atoms with van der Waals surface area (Å²) in [5, 5.41) is 0. The SMILES string of the molecule is C[Si](C)(C)CCOCN1C(=O)/C(=C2/C(=O)N(Cc3ccccc3)c3cc(-c4ccccc4)ccc32)c2ccccc21. The van der Waals surface area contributed by atoms with Crippen molar-refractivity contribution in [2.45, 2.75) is 32.2 Å². The van der Waals surface area contributed by atoms with Crippen LogP contribution >= 0.6 is 0 Å². The fraction of sp³-hybridized carbons (Fsp3) is 0.200. The first-order valence-electron chi connectivity index (χ1n) is 14.1. The maximum Gasteiger partial charge on any atom is 0.261 e. The molecule has 0 radical (unpaired) electrons. The molecular formula is C35H34N2O3Si. The Morgan fingerprint density at radius 2 is 1.24 bits per heavy atom. The van der Waals surface area contributed by atoms with Gasteiger partial charge in [-0.25, -0.2) is 0 Å². The summed E-state index contributed by atoms with van der Waals surface area (Å²) in [4.78, 5) is 31.9.